The first-order chi connectivity index (χ1) is 9.54. The second-order valence-electron chi connectivity index (χ2n) is 4.34. The number of aliphatic hydroxyl groups is 1. The van der Waals surface area contributed by atoms with Crippen LogP contribution in [0, 0.1) is 5.82 Å². The van der Waals surface area contributed by atoms with Gasteiger partial charge in [-0.25, -0.2) is 9.18 Å². The van der Waals surface area contributed by atoms with Crippen LogP contribution in [0.3, 0.4) is 0 Å². The van der Waals surface area contributed by atoms with E-state index in [4.69, 9.17) is 14.6 Å². The first-order valence-electron chi connectivity index (χ1n) is 6.46. The number of halogens is 1. The summed E-state index contributed by atoms with van der Waals surface area (Å²) in [5.74, 6) is -2.04. The van der Waals surface area contributed by atoms with Crippen molar-refractivity contribution in [3.8, 4) is 5.75 Å². The number of rotatable bonds is 9. The third-order valence-electron chi connectivity index (χ3n) is 2.57. The second-order valence-corrected chi connectivity index (χ2v) is 4.34. The summed E-state index contributed by atoms with van der Waals surface area (Å²) >= 11 is 0. The standard InChI is InChI=1S/C14H19FO5/c1-2-3-6-19-8-10(16)9-20-11-4-5-12(14(17)18)13(15)7-11/h4-5,7,10,16H,2-3,6,8-9H2,1H3,(H,17,18). The molecular formula is C14H19FO5. The molecule has 0 bridgehead atoms. The zero-order valence-corrected chi connectivity index (χ0v) is 11.3. The van der Waals surface area contributed by atoms with E-state index in [1.54, 1.807) is 0 Å². The van der Waals surface area contributed by atoms with Crippen LogP contribution < -0.4 is 4.74 Å². The van der Waals surface area contributed by atoms with E-state index in [1.165, 1.54) is 6.07 Å². The molecule has 0 aliphatic heterocycles. The molecule has 5 nitrogen and oxygen atoms in total. The number of aromatic carboxylic acids is 1. The van der Waals surface area contributed by atoms with Gasteiger partial charge in [0, 0.05) is 12.7 Å². The number of aliphatic hydroxyl groups excluding tert-OH is 1. The highest BCUT2D eigenvalue weighted by molar-refractivity contribution is 5.88. The third kappa shape index (κ3) is 5.54. The molecule has 6 heteroatoms. The van der Waals surface area contributed by atoms with Gasteiger partial charge in [0.1, 0.15) is 24.3 Å². The van der Waals surface area contributed by atoms with Gasteiger partial charge in [-0.1, -0.05) is 13.3 Å². The molecule has 0 aromatic heterocycles. The first kappa shape index (κ1) is 16.4. The van der Waals surface area contributed by atoms with Gasteiger partial charge in [0.15, 0.2) is 0 Å². The Kier molecular flexibility index (Phi) is 6.97. The Morgan fingerprint density at radius 3 is 2.75 bits per heavy atom. The predicted octanol–water partition coefficient (Wildman–Crippen LogP) is 2.08. The van der Waals surface area contributed by atoms with Crippen molar-refractivity contribution in [2.45, 2.75) is 25.9 Å². The molecule has 0 amide bonds. The fourth-order valence-corrected chi connectivity index (χ4v) is 1.47. The van der Waals surface area contributed by atoms with Crippen molar-refractivity contribution in [1.82, 2.24) is 0 Å². The van der Waals surface area contributed by atoms with Crippen LogP contribution in [0.4, 0.5) is 4.39 Å². The summed E-state index contributed by atoms with van der Waals surface area (Å²) in [6.45, 7) is 2.72. The molecule has 1 unspecified atom stereocenters. The van der Waals surface area contributed by atoms with E-state index in [1.807, 2.05) is 6.92 Å². The molecule has 0 aliphatic rings. The average Bonchev–Trinajstić information content (AvgIpc) is 2.41. The Bertz CT molecular complexity index is 436. The summed E-state index contributed by atoms with van der Waals surface area (Å²) in [5.41, 5.74) is -0.416. The number of hydrogen-bond acceptors (Lipinski definition) is 4. The minimum Gasteiger partial charge on any atom is -0.491 e. The third-order valence-corrected chi connectivity index (χ3v) is 2.57. The quantitative estimate of drug-likeness (QED) is 0.680. The van der Waals surface area contributed by atoms with Crippen molar-refractivity contribution >= 4 is 5.97 Å². The molecule has 1 atom stereocenters. The van der Waals surface area contributed by atoms with Crippen molar-refractivity contribution in [1.29, 1.82) is 0 Å². The van der Waals surface area contributed by atoms with Gasteiger partial charge in [-0.2, -0.15) is 0 Å². The Balaban J connectivity index is 2.38. The molecule has 20 heavy (non-hydrogen) atoms. The molecule has 0 heterocycles. The zero-order valence-electron chi connectivity index (χ0n) is 11.3. The van der Waals surface area contributed by atoms with Gasteiger partial charge in [0.05, 0.1) is 12.2 Å². The number of benzene rings is 1. The number of carbonyl (C=O) groups is 1. The lowest BCUT2D eigenvalue weighted by atomic mass is 10.2. The summed E-state index contributed by atoms with van der Waals surface area (Å²) in [6, 6.07) is 3.45. The average molecular weight is 286 g/mol. The Morgan fingerprint density at radius 1 is 1.40 bits per heavy atom. The smallest absolute Gasteiger partial charge is 0.338 e. The minimum absolute atomic E-state index is 0.0437. The van der Waals surface area contributed by atoms with Gasteiger partial charge in [-0.15, -0.1) is 0 Å². The van der Waals surface area contributed by atoms with Gasteiger partial charge in [0.25, 0.3) is 0 Å². The topological polar surface area (TPSA) is 76.0 Å². The molecule has 0 radical (unpaired) electrons. The molecular weight excluding hydrogens is 267 g/mol. The van der Waals surface area contributed by atoms with Crippen LogP contribution in [0.1, 0.15) is 30.1 Å². The van der Waals surface area contributed by atoms with E-state index in [-0.39, 0.29) is 19.0 Å². The fourth-order valence-electron chi connectivity index (χ4n) is 1.47. The lowest BCUT2D eigenvalue weighted by Gasteiger charge is -2.13. The van der Waals surface area contributed by atoms with E-state index in [0.29, 0.717) is 6.61 Å². The SMILES string of the molecule is CCCCOCC(O)COc1ccc(C(=O)O)c(F)c1. The van der Waals surface area contributed by atoms with Crippen LogP contribution in [-0.4, -0.2) is 42.1 Å². The highest BCUT2D eigenvalue weighted by atomic mass is 19.1. The molecule has 0 aliphatic carbocycles. The zero-order chi connectivity index (χ0) is 15.0. The number of unbranched alkanes of at least 4 members (excludes halogenated alkanes) is 1. The van der Waals surface area contributed by atoms with E-state index in [0.717, 1.165) is 25.0 Å². The lowest BCUT2D eigenvalue weighted by Crippen LogP contribution is -2.23. The summed E-state index contributed by atoms with van der Waals surface area (Å²) in [5, 5.41) is 18.3. The minimum atomic E-state index is -1.33. The van der Waals surface area contributed by atoms with Crippen LogP contribution in [0.25, 0.3) is 0 Å². The molecule has 1 aromatic carbocycles. The Labute approximate surface area is 116 Å². The second kappa shape index (κ2) is 8.50. The van der Waals surface area contributed by atoms with Crippen molar-refractivity contribution < 1.29 is 28.9 Å². The molecule has 1 aromatic rings. The molecule has 0 fully saturated rings. The Morgan fingerprint density at radius 2 is 2.15 bits per heavy atom. The number of carboxylic acids is 1. The maximum Gasteiger partial charge on any atom is 0.338 e. The maximum absolute atomic E-state index is 13.4. The number of carboxylic acid groups (broad SMARTS) is 1. The van der Waals surface area contributed by atoms with Gasteiger partial charge < -0.3 is 19.7 Å². The van der Waals surface area contributed by atoms with Crippen molar-refractivity contribution in [2.24, 2.45) is 0 Å². The molecule has 1 rings (SSSR count). The fraction of sp³-hybridized carbons (Fsp3) is 0.500. The van der Waals surface area contributed by atoms with Gasteiger partial charge in [0.2, 0.25) is 0 Å². The number of ether oxygens (including phenoxy) is 2. The van der Waals surface area contributed by atoms with Crippen LogP contribution in [-0.2, 0) is 4.74 Å². The lowest BCUT2D eigenvalue weighted by molar-refractivity contribution is 0.0112. The van der Waals surface area contributed by atoms with Crippen molar-refractivity contribution in [3.63, 3.8) is 0 Å². The highest BCUT2D eigenvalue weighted by Gasteiger charge is 2.12. The van der Waals surface area contributed by atoms with Crippen LogP contribution in [0.2, 0.25) is 0 Å². The van der Waals surface area contributed by atoms with Gasteiger partial charge >= 0.3 is 5.97 Å². The van der Waals surface area contributed by atoms with Crippen molar-refractivity contribution in [3.05, 3.63) is 29.6 Å². The summed E-state index contributed by atoms with van der Waals surface area (Å²) in [7, 11) is 0. The molecule has 0 saturated heterocycles. The normalized spacial score (nSPS) is 12.2. The van der Waals surface area contributed by atoms with E-state index >= 15 is 0 Å². The maximum atomic E-state index is 13.4. The molecule has 112 valence electrons. The molecule has 2 N–H and O–H groups in total. The van der Waals surface area contributed by atoms with E-state index < -0.39 is 23.5 Å². The van der Waals surface area contributed by atoms with E-state index in [2.05, 4.69) is 0 Å². The van der Waals surface area contributed by atoms with Crippen LogP contribution >= 0.6 is 0 Å². The van der Waals surface area contributed by atoms with E-state index in [9.17, 15) is 14.3 Å². The highest BCUT2D eigenvalue weighted by Crippen LogP contribution is 2.16. The molecule has 0 saturated carbocycles. The Hall–Kier alpha value is -1.66. The summed E-state index contributed by atoms with van der Waals surface area (Å²) < 4.78 is 23.8. The predicted molar refractivity (Wildman–Crippen MR) is 70.6 cm³/mol. The summed E-state index contributed by atoms with van der Waals surface area (Å²) in [4.78, 5) is 10.6. The number of hydrogen-bond donors (Lipinski definition) is 2. The van der Waals surface area contributed by atoms with Crippen LogP contribution in [0.15, 0.2) is 18.2 Å². The van der Waals surface area contributed by atoms with Gasteiger partial charge in [-0.3, -0.25) is 0 Å². The largest absolute Gasteiger partial charge is 0.491 e. The molecule has 0 spiro atoms. The monoisotopic (exact) mass is 286 g/mol. The first-order valence-corrected chi connectivity index (χ1v) is 6.46. The van der Waals surface area contributed by atoms with Crippen molar-refractivity contribution in [2.75, 3.05) is 19.8 Å². The van der Waals surface area contributed by atoms with Crippen LogP contribution in [0.5, 0.6) is 5.75 Å². The summed E-state index contributed by atoms with van der Waals surface area (Å²) in [6.07, 6.45) is 1.13. The van der Waals surface area contributed by atoms with Gasteiger partial charge in [-0.05, 0) is 18.6 Å².